The van der Waals surface area contributed by atoms with Crippen molar-refractivity contribution in [1.29, 1.82) is 0 Å². The highest BCUT2D eigenvalue weighted by Gasteiger charge is 2.20. The molecule has 1 saturated heterocycles. The number of nitrogens with zero attached hydrogens (tertiary/aromatic N) is 3. The molecule has 0 radical (unpaired) electrons. The van der Waals surface area contributed by atoms with Gasteiger partial charge in [0, 0.05) is 31.6 Å². The van der Waals surface area contributed by atoms with Crippen molar-refractivity contribution in [2.75, 3.05) is 26.8 Å². The van der Waals surface area contributed by atoms with Gasteiger partial charge in [-0.15, -0.1) is 0 Å². The van der Waals surface area contributed by atoms with Gasteiger partial charge in [-0.3, -0.25) is 4.79 Å². The third kappa shape index (κ3) is 4.40. The Balaban J connectivity index is 1.67. The Morgan fingerprint density at radius 2 is 1.94 bits per heavy atom. The third-order valence-corrected chi connectivity index (χ3v) is 5.59. The lowest BCUT2D eigenvalue weighted by molar-refractivity contribution is -0.127. The number of esters is 1. The molecule has 0 saturated carbocycles. The van der Waals surface area contributed by atoms with E-state index in [4.69, 9.17) is 14.5 Å². The number of hydrogen-bond donors (Lipinski definition) is 0. The zero-order valence-corrected chi connectivity index (χ0v) is 18.0. The van der Waals surface area contributed by atoms with E-state index in [9.17, 15) is 9.59 Å². The molecule has 2 aromatic carbocycles. The van der Waals surface area contributed by atoms with Crippen LogP contribution in [0.5, 0.6) is 5.75 Å². The predicted molar refractivity (Wildman–Crippen MR) is 118 cm³/mol. The summed E-state index contributed by atoms with van der Waals surface area (Å²) >= 11 is 0. The Morgan fingerprint density at radius 3 is 2.61 bits per heavy atom. The van der Waals surface area contributed by atoms with Gasteiger partial charge in [-0.1, -0.05) is 0 Å². The second-order valence-electron chi connectivity index (χ2n) is 7.58. The SMILES string of the molecule is CCOC(=O)c1ccc2c(c1)nc(-c1ccc(OC)cc1)n2CCCN1CCCC1=O. The summed E-state index contributed by atoms with van der Waals surface area (Å²) in [4.78, 5) is 30.9. The second kappa shape index (κ2) is 9.20. The maximum Gasteiger partial charge on any atom is 0.338 e. The minimum atomic E-state index is -0.350. The lowest BCUT2D eigenvalue weighted by atomic mass is 10.2. The molecule has 0 N–H and O–H groups in total. The number of amides is 1. The monoisotopic (exact) mass is 421 g/mol. The molecular weight excluding hydrogens is 394 g/mol. The largest absolute Gasteiger partial charge is 0.497 e. The molecule has 7 heteroatoms. The van der Waals surface area contributed by atoms with Gasteiger partial charge >= 0.3 is 5.97 Å². The number of hydrogen-bond acceptors (Lipinski definition) is 5. The first-order valence-electron chi connectivity index (χ1n) is 10.7. The number of ether oxygens (including phenoxy) is 2. The molecule has 1 aliphatic heterocycles. The molecule has 0 unspecified atom stereocenters. The molecule has 4 rings (SSSR count). The summed E-state index contributed by atoms with van der Waals surface area (Å²) in [5.41, 5.74) is 3.15. The Kier molecular flexibility index (Phi) is 6.21. The minimum absolute atomic E-state index is 0.241. The van der Waals surface area contributed by atoms with Crippen molar-refractivity contribution in [2.24, 2.45) is 0 Å². The van der Waals surface area contributed by atoms with Crippen LogP contribution >= 0.6 is 0 Å². The van der Waals surface area contributed by atoms with Crippen LogP contribution in [-0.4, -0.2) is 53.1 Å². The fourth-order valence-electron chi connectivity index (χ4n) is 4.02. The number of aromatic nitrogens is 2. The van der Waals surface area contributed by atoms with Crippen molar-refractivity contribution >= 4 is 22.9 Å². The fourth-order valence-corrected chi connectivity index (χ4v) is 4.02. The molecule has 7 nitrogen and oxygen atoms in total. The van der Waals surface area contributed by atoms with Crippen LogP contribution < -0.4 is 4.74 Å². The van der Waals surface area contributed by atoms with Crippen LogP contribution in [0.4, 0.5) is 0 Å². The number of rotatable bonds is 8. The van der Waals surface area contributed by atoms with Gasteiger partial charge in [-0.25, -0.2) is 9.78 Å². The molecule has 1 aromatic heterocycles. The van der Waals surface area contributed by atoms with Crippen LogP contribution in [0.3, 0.4) is 0 Å². The van der Waals surface area contributed by atoms with Gasteiger partial charge in [0.15, 0.2) is 0 Å². The maximum absolute atomic E-state index is 12.2. The lowest BCUT2D eigenvalue weighted by Gasteiger charge is -2.16. The smallest absolute Gasteiger partial charge is 0.338 e. The van der Waals surface area contributed by atoms with E-state index in [2.05, 4.69) is 4.57 Å². The molecule has 2 heterocycles. The molecular formula is C24H27N3O4. The van der Waals surface area contributed by atoms with Gasteiger partial charge in [-0.05, 0) is 62.2 Å². The quantitative estimate of drug-likeness (QED) is 0.516. The molecule has 31 heavy (non-hydrogen) atoms. The van der Waals surface area contributed by atoms with Crippen LogP contribution in [0.2, 0.25) is 0 Å². The van der Waals surface area contributed by atoms with Crippen LogP contribution in [0, 0.1) is 0 Å². The normalized spacial score (nSPS) is 13.7. The highest BCUT2D eigenvalue weighted by molar-refractivity contribution is 5.94. The van der Waals surface area contributed by atoms with E-state index in [0.29, 0.717) is 18.6 Å². The Morgan fingerprint density at radius 1 is 1.13 bits per heavy atom. The van der Waals surface area contributed by atoms with Crippen molar-refractivity contribution < 1.29 is 19.1 Å². The van der Waals surface area contributed by atoms with E-state index < -0.39 is 0 Å². The van der Waals surface area contributed by atoms with E-state index >= 15 is 0 Å². The lowest BCUT2D eigenvalue weighted by Crippen LogP contribution is -2.26. The van der Waals surface area contributed by atoms with Gasteiger partial charge < -0.3 is 18.9 Å². The average Bonchev–Trinajstić information content (AvgIpc) is 3.37. The number of methoxy groups -OCH3 is 1. The minimum Gasteiger partial charge on any atom is -0.497 e. The number of likely N-dealkylation sites (tertiary alicyclic amines) is 1. The maximum atomic E-state index is 12.2. The number of fused-ring (bicyclic) bond motifs is 1. The molecule has 0 aliphatic carbocycles. The van der Waals surface area contributed by atoms with Crippen molar-refractivity contribution in [1.82, 2.24) is 14.5 Å². The summed E-state index contributed by atoms with van der Waals surface area (Å²) in [5, 5.41) is 0. The molecule has 0 spiro atoms. The van der Waals surface area contributed by atoms with Crippen LogP contribution in [-0.2, 0) is 16.1 Å². The summed E-state index contributed by atoms with van der Waals surface area (Å²) in [7, 11) is 1.64. The zero-order valence-electron chi connectivity index (χ0n) is 18.0. The number of imidazole rings is 1. The summed E-state index contributed by atoms with van der Waals surface area (Å²) in [6.07, 6.45) is 2.43. The summed E-state index contributed by atoms with van der Waals surface area (Å²) in [6, 6.07) is 13.3. The Hall–Kier alpha value is -3.35. The zero-order chi connectivity index (χ0) is 21.8. The van der Waals surface area contributed by atoms with E-state index in [0.717, 1.165) is 60.6 Å². The third-order valence-electron chi connectivity index (χ3n) is 5.59. The van der Waals surface area contributed by atoms with Crippen molar-refractivity contribution in [3.05, 3.63) is 48.0 Å². The summed E-state index contributed by atoms with van der Waals surface area (Å²) < 4.78 is 12.6. The van der Waals surface area contributed by atoms with Crippen molar-refractivity contribution in [2.45, 2.75) is 32.7 Å². The van der Waals surface area contributed by atoms with E-state index in [1.807, 2.05) is 35.2 Å². The fraction of sp³-hybridized carbons (Fsp3) is 0.375. The first kappa shape index (κ1) is 20.9. The predicted octanol–water partition coefficient (Wildman–Crippen LogP) is 3.90. The first-order chi connectivity index (χ1) is 15.1. The molecule has 1 aliphatic rings. The van der Waals surface area contributed by atoms with Gasteiger partial charge in [0.1, 0.15) is 11.6 Å². The van der Waals surface area contributed by atoms with E-state index in [-0.39, 0.29) is 11.9 Å². The van der Waals surface area contributed by atoms with Crippen molar-refractivity contribution in [3.63, 3.8) is 0 Å². The average molecular weight is 421 g/mol. The molecule has 162 valence electrons. The molecule has 3 aromatic rings. The van der Waals surface area contributed by atoms with Crippen LogP contribution in [0.15, 0.2) is 42.5 Å². The molecule has 1 amide bonds. The van der Waals surface area contributed by atoms with Gasteiger partial charge in [0.05, 0.1) is 30.3 Å². The highest BCUT2D eigenvalue weighted by Crippen LogP contribution is 2.28. The molecule has 0 atom stereocenters. The van der Waals surface area contributed by atoms with Crippen LogP contribution in [0.1, 0.15) is 36.5 Å². The summed E-state index contributed by atoms with van der Waals surface area (Å²) in [5.74, 6) is 1.50. The van der Waals surface area contributed by atoms with Gasteiger partial charge in [0.25, 0.3) is 0 Å². The van der Waals surface area contributed by atoms with Crippen molar-refractivity contribution in [3.8, 4) is 17.1 Å². The van der Waals surface area contributed by atoms with E-state index in [1.165, 1.54) is 0 Å². The van der Waals surface area contributed by atoms with Crippen LogP contribution in [0.25, 0.3) is 22.4 Å². The number of carbonyl (C=O) groups excluding carboxylic acids is 2. The molecule has 1 fully saturated rings. The summed E-state index contributed by atoms with van der Waals surface area (Å²) in [6.45, 7) is 4.43. The number of aryl methyl sites for hydroxylation is 1. The highest BCUT2D eigenvalue weighted by atomic mass is 16.5. The first-order valence-corrected chi connectivity index (χ1v) is 10.7. The molecule has 0 bridgehead atoms. The standard InChI is InChI=1S/C24H27N3O4/c1-3-31-24(29)18-9-12-21-20(16-18)25-23(17-7-10-19(30-2)11-8-17)27(21)15-5-14-26-13-4-6-22(26)28/h7-12,16H,3-6,13-15H2,1-2H3. The van der Waals surface area contributed by atoms with E-state index in [1.54, 1.807) is 26.2 Å². The van der Waals surface area contributed by atoms with Gasteiger partial charge in [0.2, 0.25) is 5.91 Å². The second-order valence-corrected chi connectivity index (χ2v) is 7.58. The Labute approximate surface area is 181 Å². The topological polar surface area (TPSA) is 73.7 Å². The van der Waals surface area contributed by atoms with Gasteiger partial charge in [-0.2, -0.15) is 0 Å². The number of benzene rings is 2. The number of carbonyl (C=O) groups is 2. The Bertz CT molecular complexity index is 1090.